The molecule has 0 spiro atoms. The molecule has 0 radical (unpaired) electrons. The van der Waals surface area contributed by atoms with Crippen LogP contribution < -0.4 is 5.73 Å². The average molecular weight is 129 g/mol. The first-order valence-corrected chi connectivity index (χ1v) is 3.35. The lowest BCUT2D eigenvalue weighted by molar-refractivity contribution is -0.117. The molecule has 8 heavy (non-hydrogen) atoms. The van der Waals surface area contributed by atoms with Crippen LogP contribution in [0.3, 0.4) is 0 Å². The summed E-state index contributed by atoms with van der Waals surface area (Å²) < 4.78 is 0. The Morgan fingerprint density at radius 1 is 1.88 bits per heavy atom. The highest BCUT2D eigenvalue weighted by Gasteiger charge is 2.15. The van der Waals surface area contributed by atoms with Crippen molar-refractivity contribution in [3.05, 3.63) is 11.5 Å². The molecule has 2 nitrogen and oxygen atoms in total. The molecular weight excluding hydrogens is 122 g/mol. The first-order chi connectivity index (χ1) is 3.80. The highest BCUT2D eigenvalue weighted by Crippen LogP contribution is 2.22. The van der Waals surface area contributed by atoms with Gasteiger partial charge in [0.1, 0.15) is 0 Å². The van der Waals surface area contributed by atoms with Crippen LogP contribution >= 0.6 is 11.8 Å². The Labute approximate surface area is 52.1 Å². The number of carbonyl (C=O) groups excluding carboxylic acids is 1. The number of nitrogens with two attached hydrogens (primary N) is 1. The van der Waals surface area contributed by atoms with Gasteiger partial charge in [-0.3, -0.25) is 4.79 Å². The number of hydrogen-bond donors (Lipinski definition) is 1. The van der Waals surface area contributed by atoms with Crippen LogP contribution in [-0.4, -0.2) is 11.2 Å². The number of amides is 1. The maximum absolute atomic E-state index is 10.4. The molecule has 1 heterocycles. The van der Waals surface area contributed by atoms with Crippen LogP contribution in [-0.2, 0) is 4.79 Å². The van der Waals surface area contributed by atoms with E-state index in [-0.39, 0.29) is 11.2 Å². The molecule has 0 aromatic carbocycles. The summed E-state index contributed by atoms with van der Waals surface area (Å²) in [4.78, 5) is 10.4. The summed E-state index contributed by atoms with van der Waals surface area (Å²) in [6.07, 6.45) is 2.76. The minimum atomic E-state index is -0.208. The van der Waals surface area contributed by atoms with E-state index >= 15 is 0 Å². The molecule has 0 fully saturated rings. The number of allylic oxidation sites excluding steroid dienone is 1. The highest BCUT2D eigenvalue weighted by molar-refractivity contribution is 8.03. The number of primary amides is 1. The summed E-state index contributed by atoms with van der Waals surface area (Å²) in [7, 11) is 0. The number of thioether (sulfide) groups is 1. The Morgan fingerprint density at radius 2 is 2.62 bits per heavy atom. The second kappa shape index (κ2) is 2.22. The molecule has 0 aromatic heterocycles. The van der Waals surface area contributed by atoms with E-state index in [4.69, 9.17) is 5.73 Å². The predicted molar refractivity (Wildman–Crippen MR) is 34.3 cm³/mol. The SMILES string of the molecule is NC(=O)C1CC=CS1. The first-order valence-electron chi connectivity index (χ1n) is 2.40. The van der Waals surface area contributed by atoms with Crippen molar-refractivity contribution >= 4 is 17.7 Å². The second-order valence-corrected chi connectivity index (χ2v) is 2.75. The third-order valence-electron chi connectivity index (χ3n) is 1.01. The van der Waals surface area contributed by atoms with Gasteiger partial charge in [-0.2, -0.15) is 0 Å². The van der Waals surface area contributed by atoms with Gasteiger partial charge in [0.05, 0.1) is 5.25 Å². The van der Waals surface area contributed by atoms with Crippen molar-refractivity contribution in [2.45, 2.75) is 11.7 Å². The summed E-state index contributed by atoms with van der Waals surface area (Å²) in [5.74, 6) is -0.208. The maximum Gasteiger partial charge on any atom is 0.231 e. The normalized spacial score (nSPS) is 26.2. The maximum atomic E-state index is 10.4. The van der Waals surface area contributed by atoms with Gasteiger partial charge >= 0.3 is 0 Å². The first kappa shape index (κ1) is 5.69. The Balaban J connectivity index is 2.41. The molecule has 1 amide bonds. The van der Waals surface area contributed by atoms with E-state index in [0.717, 1.165) is 6.42 Å². The third kappa shape index (κ3) is 1.04. The van der Waals surface area contributed by atoms with Crippen LogP contribution in [0.4, 0.5) is 0 Å². The van der Waals surface area contributed by atoms with Gasteiger partial charge in [-0.1, -0.05) is 6.08 Å². The van der Waals surface area contributed by atoms with Crippen molar-refractivity contribution in [1.82, 2.24) is 0 Å². The van der Waals surface area contributed by atoms with Crippen molar-refractivity contribution in [2.75, 3.05) is 0 Å². The number of hydrogen-bond acceptors (Lipinski definition) is 2. The summed E-state index contributed by atoms with van der Waals surface area (Å²) in [6, 6.07) is 0. The van der Waals surface area contributed by atoms with Crippen LogP contribution in [0.25, 0.3) is 0 Å². The fourth-order valence-electron chi connectivity index (χ4n) is 0.568. The van der Waals surface area contributed by atoms with Gasteiger partial charge in [-0.15, -0.1) is 11.8 Å². The highest BCUT2D eigenvalue weighted by atomic mass is 32.2. The van der Waals surface area contributed by atoms with E-state index in [1.54, 1.807) is 0 Å². The molecule has 2 N–H and O–H groups in total. The van der Waals surface area contributed by atoms with Crippen LogP contribution in [0, 0.1) is 0 Å². The van der Waals surface area contributed by atoms with Gasteiger partial charge in [0, 0.05) is 0 Å². The van der Waals surface area contributed by atoms with E-state index in [1.165, 1.54) is 11.8 Å². The average Bonchev–Trinajstić information content (AvgIpc) is 2.12. The predicted octanol–water partition coefficient (Wildman–Crippen LogP) is 0.491. The monoisotopic (exact) mass is 129 g/mol. The van der Waals surface area contributed by atoms with Crippen molar-refractivity contribution in [3.63, 3.8) is 0 Å². The molecule has 0 bridgehead atoms. The molecule has 1 atom stereocenters. The van der Waals surface area contributed by atoms with E-state index in [9.17, 15) is 4.79 Å². The Hall–Kier alpha value is -0.440. The lowest BCUT2D eigenvalue weighted by atomic mass is 10.3. The van der Waals surface area contributed by atoms with E-state index < -0.39 is 0 Å². The zero-order valence-electron chi connectivity index (χ0n) is 4.33. The van der Waals surface area contributed by atoms with Crippen molar-refractivity contribution in [1.29, 1.82) is 0 Å². The van der Waals surface area contributed by atoms with Crippen molar-refractivity contribution in [3.8, 4) is 0 Å². The number of carbonyl (C=O) groups is 1. The van der Waals surface area contributed by atoms with Gasteiger partial charge in [0.25, 0.3) is 0 Å². The van der Waals surface area contributed by atoms with Crippen LogP contribution in [0.2, 0.25) is 0 Å². The molecule has 0 saturated carbocycles. The zero-order chi connectivity index (χ0) is 5.98. The van der Waals surface area contributed by atoms with Gasteiger partial charge < -0.3 is 5.73 Å². The number of rotatable bonds is 1. The van der Waals surface area contributed by atoms with Crippen LogP contribution in [0.1, 0.15) is 6.42 Å². The quantitative estimate of drug-likeness (QED) is 0.560. The van der Waals surface area contributed by atoms with Crippen LogP contribution in [0.5, 0.6) is 0 Å². The molecule has 3 heteroatoms. The molecule has 1 aliphatic heterocycles. The summed E-state index contributed by atoms with van der Waals surface area (Å²) in [6.45, 7) is 0. The van der Waals surface area contributed by atoms with E-state index in [2.05, 4.69) is 0 Å². The summed E-state index contributed by atoms with van der Waals surface area (Å²) >= 11 is 1.50. The fraction of sp³-hybridized carbons (Fsp3) is 0.400. The molecule has 0 aromatic rings. The van der Waals surface area contributed by atoms with Gasteiger partial charge in [0.2, 0.25) is 5.91 Å². The fourth-order valence-corrected chi connectivity index (χ4v) is 1.34. The Morgan fingerprint density at radius 3 is 2.88 bits per heavy atom. The third-order valence-corrected chi connectivity index (χ3v) is 2.11. The van der Waals surface area contributed by atoms with Gasteiger partial charge in [-0.25, -0.2) is 0 Å². The smallest absolute Gasteiger partial charge is 0.231 e. The van der Waals surface area contributed by atoms with Gasteiger partial charge in [-0.05, 0) is 11.8 Å². The van der Waals surface area contributed by atoms with Gasteiger partial charge in [0.15, 0.2) is 0 Å². The zero-order valence-corrected chi connectivity index (χ0v) is 5.15. The molecule has 44 valence electrons. The molecule has 1 aliphatic rings. The largest absolute Gasteiger partial charge is 0.369 e. The molecule has 0 saturated heterocycles. The molecular formula is C5H7NOS. The van der Waals surface area contributed by atoms with E-state index in [1.807, 2.05) is 11.5 Å². The molecule has 1 unspecified atom stereocenters. The van der Waals surface area contributed by atoms with Crippen LogP contribution in [0.15, 0.2) is 11.5 Å². The standard InChI is InChI=1S/C5H7NOS/c6-5(7)4-2-1-3-8-4/h1,3-4H,2H2,(H2,6,7). The molecule has 1 rings (SSSR count). The Bertz CT molecular complexity index is 124. The summed E-state index contributed by atoms with van der Waals surface area (Å²) in [5, 5.41) is 1.92. The lowest BCUT2D eigenvalue weighted by Crippen LogP contribution is -2.23. The Kier molecular flexibility index (Phi) is 1.58. The molecule has 0 aliphatic carbocycles. The minimum Gasteiger partial charge on any atom is -0.369 e. The van der Waals surface area contributed by atoms with Crippen molar-refractivity contribution in [2.24, 2.45) is 5.73 Å². The minimum absolute atomic E-state index is 0.00926. The summed E-state index contributed by atoms with van der Waals surface area (Å²) in [5.41, 5.74) is 5.00. The van der Waals surface area contributed by atoms with Crippen molar-refractivity contribution < 1.29 is 4.79 Å². The topological polar surface area (TPSA) is 43.1 Å². The second-order valence-electron chi connectivity index (χ2n) is 1.63. The lowest BCUT2D eigenvalue weighted by Gasteiger charge is -1.98. The van der Waals surface area contributed by atoms with E-state index in [0.29, 0.717) is 0 Å².